The van der Waals surface area contributed by atoms with E-state index in [1.165, 1.54) is 0 Å². The number of fused-ring (bicyclic) bond motifs is 1. The van der Waals surface area contributed by atoms with Crippen LogP contribution in [0.4, 0.5) is 13.2 Å². The van der Waals surface area contributed by atoms with Crippen molar-refractivity contribution in [2.45, 2.75) is 64.3 Å². The molecule has 170 valence electrons. The molecule has 2 aliphatic heterocycles. The molecule has 7 nitrogen and oxygen atoms in total. The van der Waals surface area contributed by atoms with Gasteiger partial charge in [-0.25, -0.2) is 4.79 Å². The number of carbonyl (C=O) groups excluding carboxylic acids is 1. The zero-order valence-corrected chi connectivity index (χ0v) is 17.5. The molecule has 3 fully saturated rings. The van der Waals surface area contributed by atoms with Crippen molar-refractivity contribution in [3.05, 3.63) is 0 Å². The number of carboxylic acids is 1. The van der Waals surface area contributed by atoms with Gasteiger partial charge in [0.2, 0.25) is 5.91 Å². The molecule has 1 N–H and O–H groups in total. The molecule has 2 unspecified atom stereocenters. The molecule has 30 heavy (non-hydrogen) atoms. The lowest BCUT2D eigenvalue weighted by Gasteiger charge is -2.40. The first-order chi connectivity index (χ1) is 14.0. The number of carboxylic acid groups (broad SMARTS) is 1. The Kier molecular flexibility index (Phi) is 8.11. The molecule has 0 radical (unpaired) electrons. The van der Waals surface area contributed by atoms with E-state index in [9.17, 15) is 23.2 Å². The third-order valence-electron chi connectivity index (χ3n) is 6.22. The van der Waals surface area contributed by atoms with Crippen LogP contribution in [0.3, 0.4) is 0 Å². The molecule has 0 bridgehead atoms. The first-order valence-electron chi connectivity index (χ1n) is 10.4. The molecular formula is C20H30F3N3O4. The van der Waals surface area contributed by atoms with E-state index in [1.54, 1.807) is 0 Å². The van der Waals surface area contributed by atoms with Crippen LogP contribution < -0.4 is 0 Å². The highest BCUT2D eigenvalue weighted by Crippen LogP contribution is 2.40. The third kappa shape index (κ3) is 5.85. The number of ether oxygens (including phenoxy) is 1. The third-order valence-corrected chi connectivity index (χ3v) is 6.22. The van der Waals surface area contributed by atoms with Crippen LogP contribution in [-0.2, 0) is 14.3 Å². The first-order valence-corrected chi connectivity index (χ1v) is 10.4. The SMILES string of the molecule is CC(C)N1CCOC2CN(C(=O)C3(C#N)CCCC3)CCC2C1.O=C(O)C(F)(F)F. The van der Waals surface area contributed by atoms with Crippen LogP contribution in [0.5, 0.6) is 0 Å². The zero-order valence-electron chi connectivity index (χ0n) is 17.5. The van der Waals surface area contributed by atoms with E-state index in [1.807, 2.05) is 4.90 Å². The fraction of sp³-hybridized carbons (Fsp3) is 0.850. The standard InChI is InChI=1S/C18H29N3O2.C2HF3O2/c1-14(2)20-9-10-23-16-12-21(8-5-15(16)11-20)17(22)18(13-19)6-3-4-7-18;3-2(4,5)1(6)7/h14-16H,3-12H2,1-2H3;(H,6,7). The van der Waals surface area contributed by atoms with E-state index in [0.717, 1.165) is 58.3 Å². The van der Waals surface area contributed by atoms with Gasteiger partial charge in [0.05, 0.1) is 18.8 Å². The Hall–Kier alpha value is -1.86. The van der Waals surface area contributed by atoms with Crippen LogP contribution in [0.25, 0.3) is 0 Å². The van der Waals surface area contributed by atoms with Gasteiger partial charge >= 0.3 is 12.1 Å². The van der Waals surface area contributed by atoms with E-state index in [4.69, 9.17) is 14.6 Å². The minimum absolute atomic E-state index is 0.0597. The van der Waals surface area contributed by atoms with Crippen molar-refractivity contribution in [2.75, 3.05) is 32.8 Å². The number of alkyl halides is 3. The van der Waals surface area contributed by atoms with Crippen LogP contribution >= 0.6 is 0 Å². The topological polar surface area (TPSA) is 93.9 Å². The van der Waals surface area contributed by atoms with Crippen molar-refractivity contribution < 1.29 is 32.6 Å². The Labute approximate surface area is 174 Å². The van der Waals surface area contributed by atoms with E-state index in [2.05, 4.69) is 24.8 Å². The minimum atomic E-state index is -5.08. The second kappa shape index (κ2) is 9.96. The summed E-state index contributed by atoms with van der Waals surface area (Å²) < 4.78 is 37.8. The van der Waals surface area contributed by atoms with Crippen molar-refractivity contribution in [2.24, 2.45) is 11.3 Å². The Bertz CT molecular complexity index is 657. The zero-order chi connectivity index (χ0) is 22.5. The Morgan fingerprint density at radius 2 is 1.80 bits per heavy atom. The van der Waals surface area contributed by atoms with Crippen molar-refractivity contribution in [3.8, 4) is 6.07 Å². The molecule has 0 spiro atoms. The number of carbonyl (C=O) groups is 2. The summed E-state index contributed by atoms with van der Waals surface area (Å²) >= 11 is 0. The second-order valence-corrected chi connectivity index (χ2v) is 8.50. The summed E-state index contributed by atoms with van der Waals surface area (Å²) in [6.07, 6.45) is -0.503. The lowest BCUT2D eigenvalue weighted by Crippen LogP contribution is -2.52. The number of nitrogens with zero attached hydrogens (tertiary/aromatic N) is 3. The quantitative estimate of drug-likeness (QED) is 0.720. The van der Waals surface area contributed by atoms with Crippen LogP contribution in [-0.4, -0.2) is 77.9 Å². The number of amides is 1. The normalized spacial score (nSPS) is 26.8. The monoisotopic (exact) mass is 433 g/mol. The average molecular weight is 433 g/mol. The highest BCUT2D eigenvalue weighted by atomic mass is 19.4. The van der Waals surface area contributed by atoms with Crippen molar-refractivity contribution >= 4 is 11.9 Å². The molecule has 3 aliphatic rings. The predicted molar refractivity (Wildman–Crippen MR) is 101 cm³/mol. The fourth-order valence-corrected chi connectivity index (χ4v) is 4.38. The average Bonchev–Trinajstić information content (AvgIpc) is 3.07. The van der Waals surface area contributed by atoms with Gasteiger partial charge in [0.25, 0.3) is 0 Å². The number of rotatable bonds is 2. The minimum Gasteiger partial charge on any atom is -0.475 e. The van der Waals surface area contributed by atoms with Gasteiger partial charge in [0.1, 0.15) is 5.41 Å². The molecule has 2 heterocycles. The first kappa shape index (κ1) is 24.4. The summed E-state index contributed by atoms with van der Waals surface area (Å²) in [5.74, 6) is -2.19. The smallest absolute Gasteiger partial charge is 0.475 e. The molecule has 1 aliphatic carbocycles. The summed E-state index contributed by atoms with van der Waals surface area (Å²) in [6.45, 7) is 8.68. The van der Waals surface area contributed by atoms with Crippen molar-refractivity contribution in [1.82, 2.24) is 9.80 Å². The summed E-state index contributed by atoms with van der Waals surface area (Å²) in [4.78, 5) is 26.2. The lowest BCUT2D eigenvalue weighted by atomic mass is 9.84. The van der Waals surface area contributed by atoms with Gasteiger partial charge in [-0.2, -0.15) is 18.4 Å². The highest BCUT2D eigenvalue weighted by Gasteiger charge is 2.46. The number of hydrogen-bond donors (Lipinski definition) is 1. The number of aliphatic carboxylic acids is 1. The summed E-state index contributed by atoms with van der Waals surface area (Å²) in [7, 11) is 0. The molecule has 10 heteroatoms. The van der Waals surface area contributed by atoms with Crippen LogP contribution in [0.2, 0.25) is 0 Å². The maximum Gasteiger partial charge on any atom is 0.490 e. The molecule has 0 aromatic heterocycles. The van der Waals surface area contributed by atoms with Gasteiger partial charge in [-0.1, -0.05) is 12.8 Å². The summed E-state index contributed by atoms with van der Waals surface area (Å²) in [5.41, 5.74) is -0.748. The maximum atomic E-state index is 12.9. The van der Waals surface area contributed by atoms with Crippen LogP contribution in [0.1, 0.15) is 46.0 Å². The van der Waals surface area contributed by atoms with E-state index >= 15 is 0 Å². The van der Waals surface area contributed by atoms with Gasteiger partial charge in [0.15, 0.2) is 0 Å². The van der Waals surface area contributed by atoms with Gasteiger partial charge in [0, 0.05) is 38.1 Å². The maximum absolute atomic E-state index is 12.9. The van der Waals surface area contributed by atoms with E-state index < -0.39 is 17.6 Å². The number of piperidine rings is 1. The highest BCUT2D eigenvalue weighted by molar-refractivity contribution is 5.86. The number of hydrogen-bond acceptors (Lipinski definition) is 5. The van der Waals surface area contributed by atoms with E-state index in [0.29, 0.717) is 18.5 Å². The molecule has 2 atom stereocenters. The molecule has 3 rings (SSSR count). The number of halogens is 3. The van der Waals surface area contributed by atoms with Gasteiger partial charge in [-0.15, -0.1) is 0 Å². The Balaban J connectivity index is 0.000000396. The molecular weight excluding hydrogens is 403 g/mol. The summed E-state index contributed by atoms with van der Waals surface area (Å²) in [5, 5.41) is 16.7. The second-order valence-electron chi connectivity index (χ2n) is 8.50. The molecule has 0 aromatic rings. The molecule has 0 aromatic carbocycles. The van der Waals surface area contributed by atoms with Crippen LogP contribution in [0.15, 0.2) is 0 Å². The molecule has 2 saturated heterocycles. The van der Waals surface area contributed by atoms with Gasteiger partial charge < -0.3 is 14.7 Å². The molecule has 1 saturated carbocycles. The van der Waals surface area contributed by atoms with E-state index in [-0.39, 0.29) is 12.0 Å². The summed E-state index contributed by atoms with van der Waals surface area (Å²) in [6, 6.07) is 2.88. The number of likely N-dealkylation sites (tertiary alicyclic amines) is 1. The van der Waals surface area contributed by atoms with Crippen molar-refractivity contribution in [3.63, 3.8) is 0 Å². The molecule has 1 amide bonds. The fourth-order valence-electron chi connectivity index (χ4n) is 4.38. The van der Waals surface area contributed by atoms with Gasteiger partial charge in [-0.05, 0) is 33.1 Å². The Morgan fingerprint density at radius 3 is 2.30 bits per heavy atom. The predicted octanol–water partition coefficient (Wildman–Crippen LogP) is 2.66. The van der Waals surface area contributed by atoms with Gasteiger partial charge in [-0.3, -0.25) is 9.69 Å². The Morgan fingerprint density at radius 1 is 1.20 bits per heavy atom. The largest absolute Gasteiger partial charge is 0.490 e. The van der Waals surface area contributed by atoms with Crippen LogP contribution in [0, 0.1) is 22.7 Å². The number of nitriles is 1. The van der Waals surface area contributed by atoms with Crippen molar-refractivity contribution in [1.29, 1.82) is 5.26 Å². The lowest BCUT2D eigenvalue weighted by molar-refractivity contribution is -0.192.